The normalized spacial score (nSPS) is 18.4. The molecule has 1 aromatic heterocycles. The van der Waals surface area contributed by atoms with Crippen LogP contribution in [0.25, 0.3) is 33.1 Å². The van der Waals surface area contributed by atoms with Crippen molar-refractivity contribution in [3.63, 3.8) is 0 Å². The molecular weight excluding hydrogens is 492 g/mol. The summed E-state index contributed by atoms with van der Waals surface area (Å²) < 4.78 is 2.38. The molecule has 0 N–H and O–H groups in total. The van der Waals surface area contributed by atoms with E-state index in [1.165, 1.54) is 54.8 Å². The third-order valence-electron chi connectivity index (χ3n) is 7.88. The number of thioether (sulfide) groups is 1. The summed E-state index contributed by atoms with van der Waals surface area (Å²) in [5, 5.41) is 4.68. The molecule has 4 aromatic rings. The molecule has 190 valence electrons. The van der Waals surface area contributed by atoms with E-state index in [0.717, 1.165) is 37.0 Å². The first kappa shape index (κ1) is 23.9. The Labute approximate surface area is 234 Å². The number of allylic oxidation sites excluding steroid dienone is 9. The summed E-state index contributed by atoms with van der Waals surface area (Å²) in [6.07, 6.45) is 17.7. The number of fused-ring (bicyclic) bond motifs is 4. The van der Waals surface area contributed by atoms with Crippen molar-refractivity contribution >= 4 is 50.5 Å². The molecule has 7 rings (SSSR count). The van der Waals surface area contributed by atoms with Crippen LogP contribution in [-0.4, -0.2) is 4.57 Å². The minimum atomic E-state index is 1.02. The maximum absolute atomic E-state index is 4.44. The number of aromatic nitrogens is 1. The fraction of sp³-hybridized carbons (Fsp3) is 0.111. The maximum Gasteiger partial charge on any atom is 0.0542 e. The van der Waals surface area contributed by atoms with E-state index in [9.17, 15) is 0 Å². The fourth-order valence-corrected chi connectivity index (χ4v) is 6.81. The van der Waals surface area contributed by atoms with Crippen LogP contribution >= 0.6 is 11.8 Å². The lowest BCUT2D eigenvalue weighted by Crippen LogP contribution is -2.19. The van der Waals surface area contributed by atoms with Crippen LogP contribution in [0.15, 0.2) is 144 Å². The highest BCUT2D eigenvalue weighted by Crippen LogP contribution is 2.40. The van der Waals surface area contributed by atoms with Gasteiger partial charge in [-0.1, -0.05) is 73.5 Å². The van der Waals surface area contributed by atoms with Gasteiger partial charge in [0.25, 0.3) is 0 Å². The topological polar surface area (TPSA) is 8.17 Å². The van der Waals surface area contributed by atoms with Crippen molar-refractivity contribution < 1.29 is 0 Å². The van der Waals surface area contributed by atoms with E-state index >= 15 is 0 Å². The van der Waals surface area contributed by atoms with Crippen molar-refractivity contribution in [2.24, 2.45) is 0 Å². The molecule has 3 heterocycles. The third kappa shape index (κ3) is 4.14. The molecule has 3 aliphatic rings. The molecule has 0 saturated heterocycles. The predicted molar refractivity (Wildman–Crippen MR) is 170 cm³/mol. The van der Waals surface area contributed by atoms with Crippen molar-refractivity contribution in [3.8, 4) is 0 Å². The minimum Gasteiger partial charge on any atom is -0.317 e. The highest BCUT2D eigenvalue weighted by atomic mass is 32.2. The van der Waals surface area contributed by atoms with Gasteiger partial charge >= 0.3 is 0 Å². The van der Waals surface area contributed by atoms with Gasteiger partial charge in [-0.05, 0) is 102 Å². The molecule has 0 saturated carbocycles. The van der Waals surface area contributed by atoms with Crippen LogP contribution in [0.5, 0.6) is 0 Å². The van der Waals surface area contributed by atoms with Crippen molar-refractivity contribution in [3.05, 3.63) is 144 Å². The summed E-state index contributed by atoms with van der Waals surface area (Å²) in [5.41, 5.74) is 10.8. The van der Waals surface area contributed by atoms with E-state index in [-0.39, 0.29) is 0 Å². The smallest absolute Gasteiger partial charge is 0.0542 e. The molecular formula is C36H30N2S. The van der Waals surface area contributed by atoms with E-state index < -0.39 is 0 Å². The zero-order valence-electron chi connectivity index (χ0n) is 21.9. The zero-order chi connectivity index (χ0) is 26.3. The molecule has 0 atom stereocenters. The average Bonchev–Trinajstić information content (AvgIpc) is 3.28. The van der Waals surface area contributed by atoms with Gasteiger partial charge in [0.1, 0.15) is 0 Å². The van der Waals surface area contributed by atoms with Crippen LogP contribution < -0.4 is 4.90 Å². The second-order valence-corrected chi connectivity index (χ2v) is 11.2. The van der Waals surface area contributed by atoms with E-state index in [0.29, 0.717) is 0 Å². The van der Waals surface area contributed by atoms with Crippen LogP contribution in [0.2, 0.25) is 0 Å². The largest absolute Gasteiger partial charge is 0.317 e. The average molecular weight is 523 g/mol. The molecule has 3 heteroatoms. The Bertz CT molecular complexity index is 1820. The molecule has 39 heavy (non-hydrogen) atoms. The Morgan fingerprint density at radius 2 is 1.59 bits per heavy atom. The Morgan fingerprint density at radius 3 is 2.54 bits per heavy atom. The number of nitrogens with zero attached hydrogens (tertiary/aromatic N) is 2. The monoisotopic (exact) mass is 522 g/mol. The van der Waals surface area contributed by atoms with Crippen molar-refractivity contribution in [1.29, 1.82) is 0 Å². The van der Waals surface area contributed by atoms with Gasteiger partial charge in [-0.2, -0.15) is 0 Å². The van der Waals surface area contributed by atoms with Gasteiger partial charge in [0.15, 0.2) is 0 Å². The Kier molecular flexibility index (Phi) is 6.02. The summed E-state index contributed by atoms with van der Waals surface area (Å²) in [5.74, 6) is 0. The molecule has 3 aromatic carbocycles. The van der Waals surface area contributed by atoms with Crippen molar-refractivity contribution in [2.75, 3.05) is 4.90 Å². The molecule has 0 bridgehead atoms. The second kappa shape index (κ2) is 9.83. The SMILES string of the molecule is C=C1CC/C=C\N(c2ccc3c(c2)c2ccccc2n3C2=CC(=C)c3ccccc3SC=C2)C2=C1CCC=C2. The van der Waals surface area contributed by atoms with Gasteiger partial charge in [0.2, 0.25) is 0 Å². The lowest BCUT2D eigenvalue weighted by Gasteiger charge is -2.29. The lowest BCUT2D eigenvalue weighted by molar-refractivity contribution is 0.871. The Balaban J connectivity index is 1.41. The number of anilines is 1. The number of benzene rings is 3. The molecule has 0 radical (unpaired) electrons. The number of hydrogen-bond acceptors (Lipinski definition) is 2. The van der Waals surface area contributed by atoms with Gasteiger partial charge in [0.05, 0.1) is 11.0 Å². The summed E-state index contributed by atoms with van der Waals surface area (Å²) in [6, 6.07) is 24.1. The van der Waals surface area contributed by atoms with E-state index in [4.69, 9.17) is 0 Å². The lowest BCUT2D eigenvalue weighted by atomic mass is 9.91. The minimum absolute atomic E-state index is 1.02. The summed E-state index contributed by atoms with van der Waals surface area (Å²) in [6.45, 7) is 8.88. The second-order valence-electron chi connectivity index (χ2n) is 10.3. The van der Waals surface area contributed by atoms with Crippen LogP contribution in [-0.2, 0) is 0 Å². The molecule has 0 fully saturated rings. The summed E-state index contributed by atoms with van der Waals surface area (Å²) in [4.78, 5) is 3.58. The fourth-order valence-electron chi connectivity index (χ4n) is 5.97. The quantitative estimate of drug-likeness (QED) is 0.259. The van der Waals surface area contributed by atoms with Crippen LogP contribution in [0.1, 0.15) is 31.2 Å². The highest BCUT2D eigenvalue weighted by molar-refractivity contribution is 8.02. The first-order valence-corrected chi connectivity index (χ1v) is 14.5. The van der Waals surface area contributed by atoms with E-state index in [1.54, 1.807) is 11.8 Å². The molecule has 2 nitrogen and oxygen atoms in total. The number of para-hydroxylation sites is 1. The van der Waals surface area contributed by atoms with Crippen molar-refractivity contribution in [2.45, 2.75) is 30.6 Å². The van der Waals surface area contributed by atoms with Crippen LogP contribution in [0.3, 0.4) is 0 Å². The number of rotatable bonds is 2. The van der Waals surface area contributed by atoms with Gasteiger partial charge in [-0.25, -0.2) is 0 Å². The Hall–Kier alpha value is -4.21. The van der Waals surface area contributed by atoms with Crippen LogP contribution in [0, 0.1) is 0 Å². The predicted octanol–water partition coefficient (Wildman–Crippen LogP) is 10.2. The standard InChI is InChI=1S/C36H30N2S/c1-25-11-9-10-21-37(33-15-6-3-12-29(25)33)27-18-19-35-32(24-27)31-14-4-7-16-34(31)38(35)28-20-22-39-36-17-8-5-13-30(36)26(2)23-28/h4-8,10,13-24H,1-3,9,11-12H2/b21-10-,22-20?,28-23?. The Morgan fingerprint density at radius 1 is 0.769 bits per heavy atom. The third-order valence-corrected chi connectivity index (χ3v) is 8.76. The molecule has 0 amide bonds. The summed E-state index contributed by atoms with van der Waals surface area (Å²) >= 11 is 1.75. The summed E-state index contributed by atoms with van der Waals surface area (Å²) in [7, 11) is 0. The highest BCUT2D eigenvalue weighted by Gasteiger charge is 2.21. The maximum atomic E-state index is 4.44. The first-order valence-electron chi connectivity index (χ1n) is 13.6. The molecule has 2 aliphatic heterocycles. The van der Waals surface area contributed by atoms with Gasteiger partial charge in [-0.3, -0.25) is 0 Å². The molecule has 1 aliphatic carbocycles. The molecule has 0 spiro atoms. The van der Waals surface area contributed by atoms with E-state index in [2.05, 4.69) is 131 Å². The van der Waals surface area contributed by atoms with Gasteiger partial charge < -0.3 is 9.47 Å². The zero-order valence-corrected chi connectivity index (χ0v) is 22.8. The van der Waals surface area contributed by atoms with Crippen LogP contribution in [0.4, 0.5) is 5.69 Å². The van der Waals surface area contributed by atoms with Crippen molar-refractivity contribution in [1.82, 2.24) is 4.57 Å². The van der Waals surface area contributed by atoms with Gasteiger partial charge in [-0.15, -0.1) is 0 Å². The van der Waals surface area contributed by atoms with Gasteiger partial charge in [0, 0.05) is 38.9 Å². The van der Waals surface area contributed by atoms with E-state index in [1.807, 2.05) is 0 Å². The first-order chi connectivity index (χ1) is 19.2. The number of hydrogen-bond donors (Lipinski definition) is 0. The molecule has 0 unspecified atom stereocenters.